The lowest BCUT2D eigenvalue weighted by Crippen LogP contribution is -2.60. The van der Waals surface area contributed by atoms with E-state index in [4.69, 9.17) is 19.9 Å². The molecular formula is C64H86N14O14S. The van der Waals surface area contributed by atoms with Crippen molar-refractivity contribution < 1.29 is 67.3 Å². The van der Waals surface area contributed by atoms with Crippen molar-refractivity contribution in [3.05, 3.63) is 83.9 Å². The largest absolute Gasteiger partial charge is 0.394 e. The van der Waals surface area contributed by atoms with Gasteiger partial charge in [-0.25, -0.2) is 4.79 Å². The van der Waals surface area contributed by atoms with Crippen molar-refractivity contribution in [1.29, 1.82) is 0 Å². The summed E-state index contributed by atoms with van der Waals surface area (Å²) in [5.41, 5.74) is 8.95. The number of fused-ring (bicyclic) bond motifs is 6. The molecule has 3 saturated heterocycles. The molecule has 5 aromatic rings. The van der Waals surface area contributed by atoms with E-state index in [1.165, 1.54) is 16.5 Å². The van der Waals surface area contributed by atoms with Gasteiger partial charge < -0.3 is 77.1 Å². The van der Waals surface area contributed by atoms with Gasteiger partial charge in [-0.2, -0.15) is 11.8 Å². The van der Waals surface area contributed by atoms with E-state index in [1.54, 1.807) is 18.6 Å². The van der Waals surface area contributed by atoms with Gasteiger partial charge in [0.2, 0.25) is 41.4 Å². The van der Waals surface area contributed by atoms with Crippen molar-refractivity contribution >= 4 is 92.5 Å². The van der Waals surface area contributed by atoms with E-state index >= 15 is 0 Å². The number of primary amides is 1. The monoisotopic (exact) mass is 1310 g/mol. The molecule has 9 amide bonds. The third kappa shape index (κ3) is 19.4. The van der Waals surface area contributed by atoms with E-state index in [2.05, 4.69) is 57.5 Å². The van der Waals surface area contributed by atoms with Crippen LogP contribution >= 0.6 is 11.8 Å². The lowest BCUT2D eigenvalue weighted by atomic mass is 9.95. The van der Waals surface area contributed by atoms with E-state index in [0.717, 1.165) is 46.8 Å². The van der Waals surface area contributed by atoms with Crippen LogP contribution in [0.1, 0.15) is 101 Å². The zero-order valence-electron chi connectivity index (χ0n) is 52.3. The molecule has 502 valence electrons. The molecular weight excluding hydrogens is 1220 g/mol. The number of carbonyl (C=O) groups is 10. The van der Waals surface area contributed by atoms with Crippen LogP contribution in [0.25, 0.3) is 21.8 Å². The fraction of sp³-hybridized carbons (Fsp3) is 0.562. The van der Waals surface area contributed by atoms with Crippen LogP contribution in [0.4, 0.5) is 4.79 Å². The lowest BCUT2D eigenvalue weighted by Gasteiger charge is -2.30. The molecule has 0 spiro atoms. The molecule has 3 fully saturated rings. The normalized spacial score (nSPS) is 24.7. The summed E-state index contributed by atoms with van der Waals surface area (Å²) in [6.45, 7) is 1.68. The first-order valence-electron chi connectivity index (χ1n) is 32.2. The number of hydrogen-bond acceptors (Lipinski definition) is 17. The minimum Gasteiger partial charge on any atom is -0.394 e. The number of rotatable bonds is 25. The molecule has 29 heteroatoms. The van der Waals surface area contributed by atoms with Crippen LogP contribution in [0.2, 0.25) is 0 Å². The number of aryl methyl sites for hydroxylation is 1. The molecule has 3 aromatic heterocycles. The number of H-pyrrole nitrogens is 2. The molecule has 12 N–H and O–H groups in total. The van der Waals surface area contributed by atoms with Gasteiger partial charge in [-0.15, -0.1) is 5.10 Å². The summed E-state index contributed by atoms with van der Waals surface area (Å²) in [5.74, 6) is -5.77. The van der Waals surface area contributed by atoms with Crippen molar-refractivity contribution in [3.8, 4) is 0 Å². The molecule has 2 bridgehead atoms. The van der Waals surface area contributed by atoms with Crippen molar-refractivity contribution in [3.63, 3.8) is 0 Å². The molecule has 0 unspecified atom stereocenters. The molecule has 93 heavy (non-hydrogen) atoms. The van der Waals surface area contributed by atoms with Crippen LogP contribution in [0, 0.1) is 5.92 Å². The maximum absolute atomic E-state index is 14.9. The smallest absolute Gasteiger partial charge is 0.315 e. The molecule has 7 heterocycles. The number of ketones is 2. The highest BCUT2D eigenvalue weighted by Gasteiger charge is 2.43. The van der Waals surface area contributed by atoms with E-state index in [1.807, 2.05) is 60.3 Å². The summed E-state index contributed by atoms with van der Waals surface area (Å²) in [5, 5.41) is 40.8. The number of ether oxygens (including phenoxy) is 3. The Morgan fingerprint density at radius 1 is 0.667 bits per heavy atom. The summed E-state index contributed by atoms with van der Waals surface area (Å²) in [4.78, 5) is 145. The number of benzene rings is 2. The molecule has 9 rings (SSSR count). The number of thioether (sulfide) groups is 1. The average Bonchev–Trinajstić information content (AvgIpc) is 1.76. The predicted octanol–water partition coefficient (Wildman–Crippen LogP) is 1.07. The second-order valence-corrected chi connectivity index (χ2v) is 25.5. The van der Waals surface area contributed by atoms with Crippen molar-refractivity contribution in [2.75, 3.05) is 58.5 Å². The van der Waals surface area contributed by atoms with Crippen molar-refractivity contribution in [1.82, 2.24) is 67.1 Å². The second kappa shape index (κ2) is 34.1. The first-order valence-corrected chi connectivity index (χ1v) is 33.2. The maximum atomic E-state index is 14.9. The second-order valence-electron chi connectivity index (χ2n) is 24.3. The van der Waals surface area contributed by atoms with Gasteiger partial charge in [0, 0.05) is 110 Å². The molecule has 28 nitrogen and oxygen atoms in total. The Morgan fingerprint density at radius 3 is 2.01 bits per heavy atom. The first-order chi connectivity index (χ1) is 45.0. The number of para-hydroxylation sites is 2. The first kappa shape index (κ1) is 69.1. The SMILES string of the molecule is C[C@@H]1NC(=O)[C@@H](Cc2c[nH]c3ccccc23)NC(=O)[C@@H](Cc2c[nH]c3ccccc23)NC(=O)[C@H]2CCCN2C(=O)[C@@H](CO)NC(=O)[C@@H](CC(=O)COCCOCCOCCCC(=O)CCCC[C@@H]2SC[C@@H]3NC(=O)N[C@@H]32)Cc2cn(nn2)CCCC[C@@H](C(N)=O)NC1=O. The minimum absolute atomic E-state index is 0.0482. The summed E-state index contributed by atoms with van der Waals surface area (Å²) in [7, 11) is 0. The Bertz CT molecular complexity index is 3430. The number of nitrogens with one attached hydrogen (secondary N) is 9. The van der Waals surface area contributed by atoms with Gasteiger partial charge in [0.25, 0.3) is 0 Å². The van der Waals surface area contributed by atoms with Crippen molar-refractivity contribution in [2.45, 2.75) is 163 Å². The third-order valence-electron chi connectivity index (χ3n) is 17.4. The predicted molar refractivity (Wildman–Crippen MR) is 342 cm³/mol. The highest BCUT2D eigenvalue weighted by atomic mass is 32.2. The third-order valence-corrected chi connectivity index (χ3v) is 18.9. The highest BCUT2D eigenvalue weighted by molar-refractivity contribution is 8.00. The van der Waals surface area contributed by atoms with Crippen LogP contribution in [0.15, 0.2) is 67.1 Å². The Kier molecular flexibility index (Phi) is 25.3. The van der Waals surface area contributed by atoms with Crippen LogP contribution < -0.4 is 43.0 Å². The Labute approximate surface area is 542 Å². The molecule has 0 radical (unpaired) electrons. The molecule has 4 aliphatic rings. The number of aromatic nitrogens is 5. The van der Waals surface area contributed by atoms with Crippen molar-refractivity contribution in [2.24, 2.45) is 11.7 Å². The van der Waals surface area contributed by atoms with E-state index in [0.29, 0.717) is 80.4 Å². The molecule has 2 aromatic carbocycles. The highest BCUT2D eigenvalue weighted by Crippen LogP contribution is 2.33. The van der Waals surface area contributed by atoms with E-state index in [-0.39, 0.29) is 95.4 Å². The quantitative estimate of drug-likeness (QED) is 0.0287. The van der Waals surface area contributed by atoms with Gasteiger partial charge in [0.05, 0.1) is 56.7 Å². The molecule has 10 atom stereocenters. The molecule has 0 aliphatic carbocycles. The fourth-order valence-corrected chi connectivity index (χ4v) is 13.9. The number of aliphatic hydroxyl groups excluding tert-OH is 1. The number of unbranched alkanes of at least 4 members (excludes halogenated alkanes) is 1. The van der Waals surface area contributed by atoms with Crippen LogP contribution in [0.5, 0.6) is 0 Å². The fourth-order valence-electron chi connectivity index (χ4n) is 12.4. The van der Waals surface area contributed by atoms with Crippen LogP contribution in [-0.2, 0) is 83.2 Å². The number of carbonyl (C=O) groups excluding carboxylic acids is 10. The lowest BCUT2D eigenvalue weighted by molar-refractivity contribution is -0.143. The van der Waals surface area contributed by atoms with E-state index < -0.39 is 95.9 Å². The topological polar surface area (TPSA) is 394 Å². The molecule has 4 aliphatic heterocycles. The van der Waals surface area contributed by atoms with Crippen LogP contribution in [-0.4, -0.2) is 206 Å². The summed E-state index contributed by atoms with van der Waals surface area (Å²) in [6.07, 6.45) is 10.1. The number of amides is 9. The zero-order valence-corrected chi connectivity index (χ0v) is 53.1. The number of hydrogen-bond donors (Lipinski definition) is 11. The van der Waals surface area contributed by atoms with Gasteiger partial charge in [-0.3, -0.25) is 47.8 Å². The average molecular weight is 1310 g/mol. The van der Waals surface area contributed by atoms with E-state index in [9.17, 15) is 53.1 Å². The van der Waals surface area contributed by atoms with Gasteiger partial charge in [-0.1, -0.05) is 48.0 Å². The number of aliphatic hydroxyl groups is 1. The number of nitrogens with two attached hydrogens (primary N) is 1. The van der Waals surface area contributed by atoms with Gasteiger partial charge >= 0.3 is 6.03 Å². The summed E-state index contributed by atoms with van der Waals surface area (Å²) in [6, 6.07) is 7.25. The van der Waals surface area contributed by atoms with Gasteiger partial charge in [0.1, 0.15) is 48.6 Å². The standard InChI is InChI=1S/C64H86N14O14S/c1-38-58(83)69-49(57(65)82)18-8-9-21-77-34-42(75-76-77)28-39(29-44(81)36-92-27-26-91-25-24-90-23-11-13-43(80)12-2-7-20-55-56-53(37-93-55)73-64(89)74-56)59(84)72-52(35-79)63(88)78-22-10-19-54(78)62(87)71-51(31-41-33-67-48-17-6-4-15-46(41)48)61(86)70-50(60(85)68-38)30-40-32-66-47-16-5-3-14-45(40)47/h3-6,14-17,32-34,38-39,49-56,66-67,79H,2,7-13,18-31,35-37H2,1H3,(H2,65,82)(H,68,85)(H,69,83)(H,70,86)(H,71,87)(H,72,84)(H2,73,74,89)/t38-,39+,49-,50+,51+,52+,53-,54+,55-,56-/m0/s1. The Morgan fingerprint density at radius 2 is 1.31 bits per heavy atom. The van der Waals surface area contributed by atoms with Gasteiger partial charge in [-0.05, 0) is 81.5 Å². The Hall–Kier alpha value is -8.25. The Balaban J connectivity index is 0.824. The summed E-state index contributed by atoms with van der Waals surface area (Å²) >= 11 is 1.87. The zero-order chi connectivity index (χ0) is 65.8. The maximum Gasteiger partial charge on any atom is 0.315 e. The number of urea groups is 1. The number of aromatic amines is 2. The number of Topliss-reactive ketones (excluding diaryl/α,β-unsaturated/α-hetero) is 2. The minimum atomic E-state index is -1.56. The molecule has 0 saturated carbocycles. The summed E-state index contributed by atoms with van der Waals surface area (Å²) < 4.78 is 18.4. The van der Waals surface area contributed by atoms with Gasteiger partial charge in [0.15, 0.2) is 5.78 Å². The number of nitrogens with zero attached hydrogens (tertiary/aromatic N) is 4. The van der Waals surface area contributed by atoms with Crippen LogP contribution in [0.3, 0.4) is 0 Å².